The zero-order valence-corrected chi connectivity index (χ0v) is 16.3. The third-order valence-corrected chi connectivity index (χ3v) is 5.56. The zero-order chi connectivity index (χ0) is 24.1. The van der Waals surface area contributed by atoms with Gasteiger partial charge >= 0.3 is 12.4 Å². The molecule has 1 amide bonds. The van der Waals surface area contributed by atoms with Gasteiger partial charge in [-0.3, -0.25) is 4.79 Å². The lowest BCUT2D eigenvalue weighted by Gasteiger charge is -2.42. The Morgan fingerprint density at radius 1 is 1.22 bits per heavy atom. The Labute approximate surface area is 177 Å². The molecule has 0 spiro atoms. The third-order valence-electron chi connectivity index (χ3n) is 5.56. The second-order valence-electron chi connectivity index (χ2n) is 7.52. The Morgan fingerprint density at radius 3 is 2.28 bits per heavy atom. The molecule has 32 heavy (non-hydrogen) atoms. The number of aliphatic hydroxyl groups is 2. The molecule has 176 valence electrons. The average molecular weight is 467 g/mol. The quantitative estimate of drug-likeness (QED) is 0.336. The molecule has 6 N–H and O–H groups in total. The molecule has 0 saturated carbocycles. The summed E-state index contributed by atoms with van der Waals surface area (Å²) in [5, 5.41) is 30.1. The maximum Gasteiger partial charge on any atom is 0.424 e. The van der Waals surface area contributed by atoms with Crippen molar-refractivity contribution in [3.8, 4) is 0 Å². The number of carbonyl (C=O) groups excluding carboxylic acids is 1. The van der Waals surface area contributed by atoms with Gasteiger partial charge in [0.1, 0.15) is 11.6 Å². The first kappa shape index (κ1) is 23.8. The van der Waals surface area contributed by atoms with Crippen LogP contribution in [0.3, 0.4) is 0 Å². The summed E-state index contributed by atoms with van der Waals surface area (Å²) >= 11 is 0. The van der Waals surface area contributed by atoms with Crippen molar-refractivity contribution < 1.29 is 41.4 Å². The Kier molecular flexibility index (Phi) is 5.89. The first-order valence-electron chi connectivity index (χ1n) is 9.33. The molecule has 1 aromatic heterocycles. The minimum atomic E-state index is -5.50. The fourth-order valence-corrected chi connectivity index (χ4v) is 3.78. The molecule has 0 bridgehead atoms. The SMILES string of the molecule is N=C(C1=C(N)NC(=O)C(O)C1(O)C(F)(F)F)C1CCN(c2ccc(C(F)(F)F)cn2)CC1. The van der Waals surface area contributed by atoms with Gasteiger partial charge in [0.2, 0.25) is 5.60 Å². The molecule has 1 fully saturated rings. The predicted octanol–water partition coefficient (Wildman–Crippen LogP) is 1.29. The van der Waals surface area contributed by atoms with Gasteiger partial charge in [-0.05, 0) is 25.0 Å². The molecular weight excluding hydrogens is 448 g/mol. The van der Waals surface area contributed by atoms with Crippen LogP contribution in [0.4, 0.5) is 32.2 Å². The minimum absolute atomic E-state index is 0.0935. The summed E-state index contributed by atoms with van der Waals surface area (Å²) in [6, 6.07) is 2.03. The van der Waals surface area contributed by atoms with E-state index in [-0.39, 0.29) is 31.7 Å². The van der Waals surface area contributed by atoms with Crippen molar-refractivity contribution in [3.63, 3.8) is 0 Å². The van der Waals surface area contributed by atoms with Crippen molar-refractivity contribution in [1.29, 1.82) is 5.41 Å². The number of rotatable bonds is 3. The molecule has 0 aliphatic carbocycles. The maximum atomic E-state index is 13.6. The summed E-state index contributed by atoms with van der Waals surface area (Å²) in [5.74, 6) is -3.03. The zero-order valence-electron chi connectivity index (χ0n) is 16.3. The van der Waals surface area contributed by atoms with Crippen molar-refractivity contribution in [2.75, 3.05) is 18.0 Å². The molecule has 1 aromatic rings. The van der Waals surface area contributed by atoms with E-state index < -0.39 is 58.6 Å². The summed E-state index contributed by atoms with van der Waals surface area (Å²) < 4.78 is 78.9. The molecule has 0 aromatic carbocycles. The first-order chi connectivity index (χ1) is 14.7. The van der Waals surface area contributed by atoms with Gasteiger partial charge in [-0.1, -0.05) is 0 Å². The molecule has 8 nitrogen and oxygen atoms in total. The highest BCUT2D eigenvalue weighted by Gasteiger charge is 2.66. The highest BCUT2D eigenvalue weighted by molar-refractivity contribution is 6.05. The third kappa shape index (κ3) is 3.99. The standard InChI is InChI=1S/C18H19F6N5O3/c19-17(20,21)9-1-2-10(27-7-9)29-5-3-8(4-6-29)12(25)11-14(26)28-15(31)13(30)16(11,32)18(22,23)24/h1-2,7-8,13,25,30,32H,3-6,26H2,(H,28,31). The van der Waals surface area contributed by atoms with Crippen LogP contribution in [0.1, 0.15) is 18.4 Å². The Hall–Kier alpha value is -2.87. The van der Waals surface area contributed by atoms with E-state index in [2.05, 4.69) is 4.98 Å². The van der Waals surface area contributed by atoms with Gasteiger partial charge in [-0.25, -0.2) is 4.98 Å². The first-order valence-corrected chi connectivity index (χ1v) is 9.33. The molecule has 14 heteroatoms. The molecule has 1 saturated heterocycles. The van der Waals surface area contributed by atoms with Gasteiger partial charge < -0.3 is 31.6 Å². The second-order valence-corrected chi connectivity index (χ2v) is 7.52. The van der Waals surface area contributed by atoms with E-state index in [0.29, 0.717) is 6.20 Å². The number of amides is 1. The largest absolute Gasteiger partial charge is 0.424 e. The van der Waals surface area contributed by atoms with Crippen LogP contribution >= 0.6 is 0 Å². The van der Waals surface area contributed by atoms with Gasteiger partial charge in [-0.15, -0.1) is 0 Å². The predicted molar refractivity (Wildman–Crippen MR) is 98.3 cm³/mol. The van der Waals surface area contributed by atoms with E-state index in [0.717, 1.165) is 6.07 Å². The monoisotopic (exact) mass is 467 g/mol. The molecule has 2 atom stereocenters. The van der Waals surface area contributed by atoms with E-state index in [1.807, 2.05) is 5.32 Å². The number of halogens is 6. The highest BCUT2D eigenvalue weighted by atomic mass is 19.4. The average Bonchev–Trinajstić information content (AvgIpc) is 2.71. The van der Waals surface area contributed by atoms with Gasteiger partial charge in [0.05, 0.1) is 11.1 Å². The van der Waals surface area contributed by atoms with E-state index in [1.54, 1.807) is 4.90 Å². The smallest absolute Gasteiger partial charge is 0.385 e. The molecular formula is C18H19F6N5O3. The van der Waals surface area contributed by atoms with Gasteiger partial charge in [0.15, 0.2) is 6.10 Å². The normalized spacial score (nSPS) is 25.7. The summed E-state index contributed by atoms with van der Waals surface area (Å²) in [7, 11) is 0. The highest BCUT2D eigenvalue weighted by Crippen LogP contribution is 2.43. The molecule has 3 heterocycles. The number of pyridine rings is 1. The number of nitrogens with one attached hydrogen (secondary N) is 2. The molecule has 3 rings (SSSR count). The number of aromatic nitrogens is 1. The van der Waals surface area contributed by atoms with Crippen LogP contribution in [0.25, 0.3) is 0 Å². The van der Waals surface area contributed by atoms with Crippen LogP contribution in [0, 0.1) is 11.3 Å². The molecule has 0 radical (unpaired) electrons. The lowest BCUT2D eigenvalue weighted by Crippen LogP contribution is -2.67. The van der Waals surface area contributed by atoms with Crippen molar-refractivity contribution in [3.05, 3.63) is 35.3 Å². The van der Waals surface area contributed by atoms with Crippen LogP contribution in [-0.4, -0.2) is 57.8 Å². The Bertz CT molecular complexity index is 938. The fourth-order valence-electron chi connectivity index (χ4n) is 3.78. The number of piperidine rings is 1. The number of anilines is 1. The maximum absolute atomic E-state index is 13.6. The number of hydrogen-bond acceptors (Lipinski definition) is 7. The van der Waals surface area contributed by atoms with Crippen LogP contribution in [0.2, 0.25) is 0 Å². The number of aliphatic hydroxyl groups excluding tert-OH is 1. The van der Waals surface area contributed by atoms with Crippen LogP contribution in [0.5, 0.6) is 0 Å². The molecule has 2 aliphatic heterocycles. The summed E-state index contributed by atoms with van der Waals surface area (Å²) in [4.78, 5) is 17.0. The lowest BCUT2D eigenvalue weighted by molar-refractivity contribution is -0.270. The van der Waals surface area contributed by atoms with E-state index in [1.165, 1.54) is 6.07 Å². The summed E-state index contributed by atoms with van der Waals surface area (Å²) in [6.07, 6.45) is -12.1. The number of hydrogen-bond donors (Lipinski definition) is 5. The van der Waals surface area contributed by atoms with Crippen LogP contribution in [0.15, 0.2) is 29.7 Å². The van der Waals surface area contributed by atoms with Crippen molar-refractivity contribution in [1.82, 2.24) is 10.3 Å². The molecule has 2 unspecified atom stereocenters. The summed E-state index contributed by atoms with van der Waals surface area (Å²) in [5.41, 5.74) is -1.29. The van der Waals surface area contributed by atoms with Gasteiger partial charge in [-0.2, -0.15) is 26.3 Å². The number of nitrogens with two attached hydrogens (primary N) is 1. The number of carbonyl (C=O) groups is 1. The van der Waals surface area contributed by atoms with E-state index >= 15 is 0 Å². The van der Waals surface area contributed by atoms with Gasteiger partial charge in [0, 0.05) is 30.9 Å². The summed E-state index contributed by atoms with van der Waals surface area (Å²) in [6.45, 7) is 0.301. The second kappa shape index (κ2) is 7.92. The topological polar surface area (TPSA) is 136 Å². The van der Waals surface area contributed by atoms with Crippen LogP contribution < -0.4 is 16.0 Å². The lowest BCUT2D eigenvalue weighted by atomic mass is 9.76. The number of alkyl halides is 6. The van der Waals surface area contributed by atoms with E-state index in [9.17, 15) is 41.4 Å². The van der Waals surface area contributed by atoms with Gasteiger partial charge in [0.25, 0.3) is 5.91 Å². The van der Waals surface area contributed by atoms with Crippen molar-refractivity contribution in [2.45, 2.75) is 36.9 Å². The minimum Gasteiger partial charge on any atom is -0.385 e. The fraction of sp³-hybridized carbons (Fsp3) is 0.500. The van der Waals surface area contributed by atoms with Crippen molar-refractivity contribution in [2.24, 2.45) is 11.7 Å². The Balaban J connectivity index is 1.78. The van der Waals surface area contributed by atoms with E-state index in [4.69, 9.17) is 11.1 Å². The van der Waals surface area contributed by atoms with Crippen molar-refractivity contribution >= 4 is 17.4 Å². The molecule has 2 aliphatic rings. The Morgan fingerprint density at radius 2 is 1.81 bits per heavy atom. The number of nitrogens with zero attached hydrogens (tertiary/aromatic N) is 2. The van der Waals surface area contributed by atoms with Crippen LogP contribution in [-0.2, 0) is 11.0 Å².